The molecule has 1 aliphatic heterocycles. The molecule has 8 heteroatoms. The van der Waals surface area contributed by atoms with E-state index in [4.69, 9.17) is 14.2 Å². The van der Waals surface area contributed by atoms with Gasteiger partial charge in [0.1, 0.15) is 12.5 Å². The van der Waals surface area contributed by atoms with E-state index in [1.165, 1.54) is 32.4 Å². The quantitative estimate of drug-likeness (QED) is 0.365. The predicted octanol–water partition coefficient (Wildman–Crippen LogP) is 5.12. The Kier molecular flexibility index (Phi) is 9.33. The Labute approximate surface area is 199 Å². The minimum absolute atomic E-state index is 0.00973. The lowest BCUT2D eigenvalue weighted by Crippen LogP contribution is -2.37. The lowest BCUT2D eigenvalue weighted by molar-refractivity contribution is -0.147. The molecule has 186 valence electrons. The molecule has 0 amide bonds. The zero-order valence-corrected chi connectivity index (χ0v) is 20.1. The van der Waals surface area contributed by atoms with Crippen LogP contribution < -0.4 is 0 Å². The molecule has 1 heterocycles. The molecule has 1 aromatic rings. The maximum absolute atomic E-state index is 14.2. The number of carbonyl (C=O) groups is 2. The second-order valence-electron chi connectivity index (χ2n) is 8.97. The summed E-state index contributed by atoms with van der Waals surface area (Å²) < 4.78 is 43.7. The predicted molar refractivity (Wildman–Crippen MR) is 123 cm³/mol. The van der Waals surface area contributed by atoms with Crippen LogP contribution in [-0.4, -0.2) is 44.6 Å². The number of benzene rings is 1. The van der Waals surface area contributed by atoms with Gasteiger partial charge in [-0.05, 0) is 43.9 Å². The second kappa shape index (κ2) is 12.2. The van der Waals surface area contributed by atoms with Gasteiger partial charge in [0.25, 0.3) is 0 Å². The first-order chi connectivity index (χ1) is 16.3. The highest BCUT2D eigenvalue weighted by atomic mass is 19.2. The van der Waals surface area contributed by atoms with Crippen LogP contribution in [-0.2, 0) is 23.8 Å². The topological polar surface area (TPSA) is 74.2 Å². The fourth-order valence-corrected chi connectivity index (χ4v) is 4.86. The Morgan fingerprint density at radius 2 is 1.74 bits per heavy atom. The van der Waals surface area contributed by atoms with Gasteiger partial charge in [0, 0.05) is 24.4 Å². The zero-order valence-electron chi connectivity index (χ0n) is 20.1. The Morgan fingerprint density at radius 1 is 1.00 bits per heavy atom. The molecule has 0 saturated heterocycles. The van der Waals surface area contributed by atoms with Crippen LogP contribution in [0.2, 0.25) is 0 Å². The van der Waals surface area contributed by atoms with Crippen LogP contribution in [0.3, 0.4) is 0 Å². The zero-order chi connectivity index (χ0) is 24.7. The van der Waals surface area contributed by atoms with Crippen molar-refractivity contribution in [2.75, 3.05) is 26.9 Å². The molecule has 1 aromatic carbocycles. The number of allylic oxidation sites excluding steroid dienone is 1. The van der Waals surface area contributed by atoms with E-state index in [0.717, 1.165) is 31.4 Å². The van der Waals surface area contributed by atoms with E-state index in [9.17, 15) is 18.4 Å². The summed E-state index contributed by atoms with van der Waals surface area (Å²) in [5.74, 6) is -4.62. The summed E-state index contributed by atoms with van der Waals surface area (Å²) in [7, 11) is 1.48. The molecule has 0 bridgehead atoms. The third-order valence-corrected chi connectivity index (χ3v) is 6.62. The first kappa shape index (κ1) is 26.0. The third kappa shape index (κ3) is 6.29. The first-order valence-electron chi connectivity index (χ1n) is 11.9. The Bertz CT molecular complexity index is 953. The molecule has 1 saturated carbocycles. The van der Waals surface area contributed by atoms with Crippen molar-refractivity contribution in [1.29, 1.82) is 0 Å². The van der Waals surface area contributed by atoms with E-state index >= 15 is 0 Å². The number of hydrogen-bond acceptors (Lipinski definition) is 6. The standard InChI is InChI=1S/C26H33F2NO5/c1-16-22(25(30)33-12-11-18-7-5-4-6-8-18)24(19-9-10-20(27)21(28)15-19)23(17(2)29-16)26(31)34-14-13-32-3/h9-10,15,18,22,24H,4-8,11-14H2,1-3H3. The first-order valence-corrected chi connectivity index (χ1v) is 11.9. The van der Waals surface area contributed by atoms with Crippen LogP contribution >= 0.6 is 0 Å². The molecule has 2 atom stereocenters. The normalized spacial score (nSPS) is 21.3. The third-order valence-electron chi connectivity index (χ3n) is 6.62. The van der Waals surface area contributed by atoms with Crippen molar-refractivity contribution in [3.8, 4) is 0 Å². The summed E-state index contributed by atoms with van der Waals surface area (Å²) in [5, 5.41) is 0. The van der Waals surface area contributed by atoms with Gasteiger partial charge in [-0.3, -0.25) is 9.79 Å². The van der Waals surface area contributed by atoms with Crippen molar-refractivity contribution in [3.05, 3.63) is 46.7 Å². The summed E-state index contributed by atoms with van der Waals surface area (Å²) in [4.78, 5) is 30.7. The van der Waals surface area contributed by atoms with Crippen molar-refractivity contribution >= 4 is 17.7 Å². The van der Waals surface area contributed by atoms with Gasteiger partial charge in [0.15, 0.2) is 11.6 Å². The highest BCUT2D eigenvalue weighted by Gasteiger charge is 2.42. The molecule has 0 spiro atoms. The Hall–Kier alpha value is -2.61. The van der Waals surface area contributed by atoms with E-state index in [0.29, 0.717) is 17.3 Å². The lowest BCUT2D eigenvalue weighted by atomic mass is 9.75. The van der Waals surface area contributed by atoms with Gasteiger partial charge < -0.3 is 14.2 Å². The van der Waals surface area contributed by atoms with Crippen LogP contribution in [0.25, 0.3) is 0 Å². The fourth-order valence-electron chi connectivity index (χ4n) is 4.86. The number of aliphatic imine (C=N–C) groups is 1. The number of methoxy groups -OCH3 is 1. The van der Waals surface area contributed by atoms with Crippen LogP contribution in [0, 0.1) is 23.5 Å². The van der Waals surface area contributed by atoms with Gasteiger partial charge in [-0.2, -0.15) is 0 Å². The minimum atomic E-state index is -1.06. The van der Waals surface area contributed by atoms with Crippen LogP contribution in [0.1, 0.15) is 63.9 Å². The highest BCUT2D eigenvalue weighted by molar-refractivity contribution is 6.07. The molecule has 2 aliphatic rings. The Morgan fingerprint density at radius 3 is 2.41 bits per heavy atom. The molecular weight excluding hydrogens is 444 g/mol. The average molecular weight is 478 g/mol. The SMILES string of the molecule is COCCOC(=O)C1=C(C)N=C(C)C(C(=O)OCCC2CCCCC2)C1c1ccc(F)c(F)c1. The molecule has 0 radical (unpaired) electrons. The summed E-state index contributed by atoms with van der Waals surface area (Å²) in [5.41, 5.74) is 1.21. The van der Waals surface area contributed by atoms with Gasteiger partial charge in [0.05, 0.1) is 18.8 Å². The van der Waals surface area contributed by atoms with Gasteiger partial charge >= 0.3 is 11.9 Å². The highest BCUT2D eigenvalue weighted by Crippen LogP contribution is 2.40. The van der Waals surface area contributed by atoms with Gasteiger partial charge in [-0.25, -0.2) is 13.6 Å². The van der Waals surface area contributed by atoms with E-state index < -0.39 is 35.4 Å². The van der Waals surface area contributed by atoms with E-state index in [1.807, 2.05) is 0 Å². The van der Waals surface area contributed by atoms with Gasteiger partial charge in [-0.1, -0.05) is 38.2 Å². The van der Waals surface area contributed by atoms with Crippen LogP contribution in [0.15, 0.2) is 34.5 Å². The lowest BCUT2D eigenvalue weighted by Gasteiger charge is -2.32. The van der Waals surface area contributed by atoms with Crippen molar-refractivity contribution in [2.24, 2.45) is 16.8 Å². The molecule has 34 heavy (non-hydrogen) atoms. The van der Waals surface area contributed by atoms with Crippen molar-refractivity contribution in [2.45, 2.75) is 58.3 Å². The molecular formula is C26H33F2NO5. The van der Waals surface area contributed by atoms with Gasteiger partial charge in [0.2, 0.25) is 0 Å². The number of hydrogen-bond donors (Lipinski definition) is 0. The summed E-state index contributed by atoms with van der Waals surface area (Å²) >= 11 is 0. The average Bonchev–Trinajstić information content (AvgIpc) is 2.81. The van der Waals surface area contributed by atoms with Crippen molar-refractivity contribution in [1.82, 2.24) is 0 Å². The molecule has 6 nitrogen and oxygen atoms in total. The van der Waals surface area contributed by atoms with Crippen molar-refractivity contribution < 1.29 is 32.6 Å². The minimum Gasteiger partial charge on any atom is -0.465 e. The second-order valence-corrected chi connectivity index (χ2v) is 8.97. The number of carbonyl (C=O) groups excluding carboxylic acids is 2. The fraction of sp³-hybridized carbons (Fsp3) is 0.577. The number of ether oxygens (including phenoxy) is 3. The van der Waals surface area contributed by atoms with E-state index in [2.05, 4.69) is 4.99 Å². The number of nitrogens with zero attached hydrogens (tertiary/aromatic N) is 1. The maximum Gasteiger partial charge on any atom is 0.336 e. The van der Waals surface area contributed by atoms with Crippen molar-refractivity contribution in [3.63, 3.8) is 0 Å². The summed E-state index contributed by atoms with van der Waals surface area (Å²) in [6.07, 6.45) is 6.70. The smallest absolute Gasteiger partial charge is 0.336 e. The summed E-state index contributed by atoms with van der Waals surface area (Å²) in [6, 6.07) is 3.37. The summed E-state index contributed by atoms with van der Waals surface area (Å²) in [6.45, 7) is 3.79. The number of esters is 2. The van der Waals surface area contributed by atoms with E-state index in [-0.39, 0.29) is 31.0 Å². The molecule has 3 rings (SSSR count). The van der Waals surface area contributed by atoms with Crippen LogP contribution in [0.5, 0.6) is 0 Å². The Balaban J connectivity index is 1.87. The number of halogens is 2. The van der Waals surface area contributed by atoms with E-state index in [1.54, 1.807) is 13.8 Å². The molecule has 2 unspecified atom stereocenters. The maximum atomic E-state index is 14.2. The largest absolute Gasteiger partial charge is 0.465 e. The molecule has 0 N–H and O–H groups in total. The molecule has 1 fully saturated rings. The van der Waals surface area contributed by atoms with Crippen LogP contribution in [0.4, 0.5) is 8.78 Å². The molecule has 1 aliphatic carbocycles. The van der Waals surface area contributed by atoms with Gasteiger partial charge in [-0.15, -0.1) is 0 Å². The monoisotopic (exact) mass is 477 g/mol. The molecule has 0 aromatic heterocycles. The number of rotatable bonds is 9.